The minimum Gasteiger partial charge on any atom is -0.465 e. The van der Waals surface area contributed by atoms with E-state index in [0.29, 0.717) is 16.8 Å². The fourth-order valence-corrected chi connectivity index (χ4v) is 2.78. The van der Waals surface area contributed by atoms with Crippen molar-refractivity contribution < 1.29 is 9.53 Å². The summed E-state index contributed by atoms with van der Waals surface area (Å²) in [7, 11) is 1.39. The molecule has 102 valence electrons. The molecule has 2 atom stereocenters. The predicted octanol–water partition coefficient (Wildman–Crippen LogP) is 3.47. The van der Waals surface area contributed by atoms with Crippen LogP contribution in [0.25, 0.3) is 0 Å². The third-order valence-electron chi connectivity index (χ3n) is 2.99. The van der Waals surface area contributed by atoms with Crippen LogP contribution in [0.1, 0.15) is 49.0 Å². The molecule has 0 aliphatic heterocycles. The topological polar surface area (TPSA) is 51.2 Å². The molecule has 1 N–H and O–H groups in total. The van der Waals surface area contributed by atoms with E-state index in [4.69, 9.17) is 4.74 Å². The van der Waals surface area contributed by atoms with Crippen LogP contribution < -0.4 is 5.32 Å². The molecule has 1 heterocycles. The number of hydrogen-bond donors (Lipinski definition) is 1. The van der Waals surface area contributed by atoms with E-state index in [1.54, 1.807) is 0 Å². The minimum absolute atomic E-state index is 0.312. The third kappa shape index (κ3) is 3.98. The van der Waals surface area contributed by atoms with Crippen LogP contribution in [0.3, 0.4) is 0 Å². The number of thiazole rings is 1. The van der Waals surface area contributed by atoms with Crippen molar-refractivity contribution in [1.29, 1.82) is 0 Å². The number of nitrogens with zero attached hydrogens (tertiary/aromatic N) is 1. The highest BCUT2D eigenvalue weighted by molar-refractivity contribution is 7.17. The quantitative estimate of drug-likeness (QED) is 0.804. The standard InChI is InChI=1S/C13H22N2O2S/c1-6-8(2)7-9(3)14-13-15-10(4)11(18-13)12(16)17-5/h8-9H,6-7H2,1-5H3,(H,14,15). The van der Waals surface area contributed by atoms with E-state index < -0.39 is 0 Å². The highest BCUT2D eigenvalue weighted by atomic mass is 32.1. The molecule has 18 heavy (non-hydrogen) atoms. The van der Waals surface area contributed by atoms with Crippen molar-refractivity contribution in [2.24, 2.45) is 5.92 Å². The molecule has 1 rings (SSSR count). The number of methoxy groups -OCH3 is 1. The Morgan fingerprint density at radius 1 is 1.50 bits per heavy atom. The summed E-state index contributed by atoms with van der Waals surface area (Å²) in [5.74, 6) is 0.376. The average molecular weight is 270 g/mol. The Morgan fingerprint density at radius 3 is 2.72 bits per heavy atom. The van der Waals surface area contributed by atoms with E-state index in [0.717, 1.165) is 17.2 Å². The van der Waals surface area contributed by atoms with Gasteiger partial charge in [0, 0.05) is 6.04 Å². The molecule has 0 aromatic carbocycles. The molecule has 0 saturated heterocycles. The van der Waals surface area contributed by atoms with Gasteiger partial charge in [-0.1, -0.05) is 31.6 Å². The molecular formula is C13H22N2O2S. The van der Waals surface area contributed by atoms with Gasteiger partial charge < -0.3 is 10.1 Å². The fourth-order valence-electron chi connectivity index (χ4n) is 1.78. The van der Waals surface area contributed by atoms with Gasteiger partial charge >= 0.3 is 5.97 Å². The van der Waals surface area contributed by atoms with Crippen LogP contribution in [0.2, 0.25) is 0 Å². The summed E-state index contributed by atoms with van der Waals surface area (Å²) in [5, 5.41) is 4.14. The zero-order valence-electron chi connectivity index (χ0n) is 11.7. The number of carbonyl (C=O) groups is 1. The number of rotatable bonds is 6. The van der Waals surface area contributed by atoms with Gasteiger partial charge in [-0.2, -0.15) is 0 Å². The molecule has 2 unspecified atom stereocenters. The van der Waals surface area contributed by atoms with Gasteiger partial charge in [0.05, 0.1) is 12.8 Å². The van der Waals surface area contributed by atoms with Gasteiger partial charge in [0.1, 0.15) is 4.88 Å². The SMILES string of the molecule is CCC(C)CC(C)Nc1nc(C)c(C(=O)OC)s1. The molecule has 0 saturated carbocycles. The summed E-state index contributed by atoms with van der Waals surface area (Å²) in [4.78, 5) is 16.4. The molecule has 5 heteroatoms. The minimum atomic E-state index is -0.312. The molecule has 0 amide bonds. The van der Waals surface area contributed by atoms with Crippen molar-refractivity contribution in [2.75, 3.05) is 12.4 Å². The first kappa shape index (κ1) is 15.0. The van der Waals surface area contributed by atoms with E-state index in [-0.39, 0.29) is 5.97 Å². The maximum atomic E-state index is 11.5. The van der Waals surface area contributed by atoms with Crippen molar-refractivity contribution in [1.82, 2.24) is 4.98 Å². The average Bonchev–Trinajstić information content (AvgIpc) is 2.68. The zero-order valence-corrected chi connectivity index (χ0v) is 12.6. The normalized spacial score (nSPS) is 14.1. The van der Waals surface area contributed by atoms with Gasteiger partial charge in [0.15, 0.2) is 5.13 Å². The van der Waals surface area contributed by atoms with Crippen LogP contribution >= 0.6 is 11.3 Å². The van der Waals surface area contributed by atoms with Gasteiger partial charge in [0.2, 0.25) is 0 Å². The maximum absolute atomic E-state index is 11.5. The van der Waals surface area contributed by atoms with E-state index in [2.05, 4.69) is 31.1 Å². The van der Waals surface area contributed by atoms with E-state index in [1.165, 1.54) is 24.9 Å². The maximum Gasteiger partial charge on any atom is 0.350 e. The first-order valence-electron chi connectivity index (χ1n) is 6.30. The molecule has 1 aromatic heterocycles. The summed E-state index contributed by atoms with van der Waals surface area (Å²) in [5.41, 5.74) is 0.727. The molecule has 1 aromatic rings. The monoisotopic (exact) mass is 270 g/mol. The molecule has 4 nitrogen and oxygen atoms in total. The molecule has 0 fully saturated rings. The predicted molar refractivity (Wildman–Crippen MR) is 75.3 cm³/mol. The number of aromatic nitrogens is 1. The molecule has 0 aliphatic carbocycles. The first-order chi connectivity index (χ1) is 8.47. The number of esters is 1. The van der Waals surface area contributed by atoms with E-state index in [1.807, 2.05) is 6.92 Å². The summed E-state index contributed by atoms with van der Waals surface area (Å²) in [6.07, 6.45) is 2.28. The van der Waals surface area contributed by atoms with Crippen molar-refractivity contribution in [3.63, 3.8) is 0 Å². The smallest absolute Gasteiger partial charge is 0.350 e. The number of carbonyl (C=O) groups excluding carboxylic acids is 1. The van der Waals surface area contributed by atoms with E-state index >= 15 is 0 Å². The zero-order chi connectivity index (χ0) is 13.7. The lowest BCUT2D eigenvalue weighted by Crippen LogP contribution is -2.18. The van der Waals surface area contributed by atoms with Crippen molar-refractivity contribution in [2.45, 2.75) is 46.6 Å². The Bertz CT molecular complexity index is 404. The van der Waals surface area contributed by atoms with Crippen LogP contribution in [0.15, 0.2) is 0 Å². The summed E-state index contributed by atoms with van der Waals surface area (Å²) < 4.78 is 4.72. The second kappa shape index (κ2) is 6.73. The van der Waals surface area contributed by atoms with Gasteiger partial charge in [-0.25, -0.2) is 9.78 Å². The van der Waals surface area contributed by atoms with Gasteiger partial charge in [-0.3, -0.25) is 0 Å². The lowest BCUT2D eigenvalue weighted by molar-refractivity contribution is 0.0605. The molecule has 0 aliphatic rings. The Balaban J connectivity index is 2.65. The Morgan fingerprint density at radius 2 is 2.17 bits per heavy atom. The molecule has 0 bridgehead atoms. The summed E-state index contributed by atoms with van der Waals surface area (Å²) in [6, 6.07) is 0.357. The van der Waals surface area contributed by atoms with Gasteiger partial charge in [-0.05, 0) is 26.2 Å². The van der Waals surface area contributed by atoms with Crippen molar-refractivity contribution in [3.8, 4) is 0 Å². The number of hydrogen-bond acceptors (Lipinski definition) is 5. The highest BCUT2D eigenvalue weighted by Crippen LogP contribution is 2.24. The largest absolute Gasteiger partial charge is 0.465 e. The highest BCUT2D eigenvalue weighted by Gasteiger charge is 2.17. The lowest BCUT2D eigenvalue weighted by Gasteiger charge is -2.16. The van der Waals surface area contributed by atoms with Crippen LogP contribution in [0.5, 0.6) is 0 Å². The van der Waals surface area contributed by atoms with Crippen molar-refractivity contribution in [3.05, 3.63) is 10.6 Å². The number of aryl methyl sites for hydroxylation is 1. The summed E-state index contributed by atoms with van der Waals surface area (Å²) in [6.45, 7) is 8.40. The second-order valence-corrected chi connectivity index (χ2v) is 5.72. The first-order valence-corrected chi connectivity index (χ1v) is 7.11. The van der Waals surface area contributed by atoms with E-state index in [9.17, 15) is 4.79 Å². The van der Waals surface area contributed by atoms with Crippen LogP contribution in [-0.4, -0.2) is 24.1 Å². The fraction of sp³-hybridized carbons (Fsp3) is 0.692. The second-order valence-electron chi connectivity index (χ2n) is 4.72. The van der Waals surface area contributed by atoms with Crippen LogP contribution in [0.4, 0.5) is 5.13 Å². The van der Waals surface area contributed by atoms with Gasteiger partial charge in [-0.15, -0.1) is 0 Å². The molecule has 0 radical (unpaired) electrons. The van der Waals surface area contributed by atoms with Crippen LogP contribution in [0, 0.1) is 12.8 Å². The molecule has 0 spiro atoms. The number of nitrogens with one attached hydrogen (secondary N) is 1. The van der Waals surface area contributed by atoms with Crippen LogP contribution in [-0.2, 0) is 4.74 Å². The Labute approximate surface area is 113 Å². The number of anilines is 1. The molecular weight excluding hydrogens is 248 g/mol. The lowest BCUT2D eigenvalue weighted by atomic mass is 10.0. The van der Waals surface area contributed by atoms with Crippen molar-refractivity contribution >= 4 is 22.4 Å². The Kier molecular flexibility index (Phi) is 5.59. The third-order valence-corrected chi connectivity index (χ3v) is 4.06. The number of ether oxygens (including phenoxy) is 1. The summed E-state index contributed by atoms with van der Waals surface area (Å²) >= 11 is 1.36. The van der Waals surface area contributed by atoms with Gasteiger partial charge in [0.25, 0.3) is 0 Å². The Hall–Kier alpha value is -1.10.